The van der Waals surface area contributed by atoms with Crippen LogP contribution in [-0.4, -0.2) is 8.42 Å². The largest absolute Gasteiger partial charge is 0.398 e. The maximum absolute atomic E-state index is 12.2. The lowest BCUT2D eigenvalue weighted by Crippen LogP contribution is -2.14. The molecule has 102 valence electrons. The molecule has 0 heterocycles. The highest BCUT2D eigenvalue weighted by Gasteiger charge is 2.17. The summed E-state index contributed by atoms with van der Waals surface area (Å²) >= 11 is 5.74. The van der Waals surface area contributed by atoms with Gasteiger partial charge in [-0.2, -0.15) is 5.26 Å². The van der Waals surface area contributed by atoms with Crippen LogP contribution in [0.25, 0.3) is 0 Å². The fourth-order valence-electron chi connectivity index (χ4n) is 1.63. The van der Waals surface area contributed by atoms with Gasteiger partial charge in [0, 0.05) is 5.02 Å². The molecule has 7 heteroatoms. The summed E-state index contributed by atoms with van der Waals surface area (Å²) in [5, 5.41) is 9.14. The number of benzene rings is 2. The number of nitrogens with one attached hydrogen (secondary N) is 1. The van der Waals surface area contributed by atoms with Crippen LogP contribution in [0.3, 0.4) is 0 Å². The number of sulfonamides is 1. The van der Waals surface area contributed by atoms with Crippen molar-refractivity contribution >= 4 is 33.0 Å². The van der Waals surface area contributed by atoms with E-state index in [-0.39, 0.29) is 10.6 Å². The molecule has 0 aromatic heterocycles. The number of nitriles is 1. The van der Waals surface area contributed by atoms with E-state index in [4.69, 9.17) is 22.6 Å². The Kier molecular flexibility index (Phi) is 3.84. The molecule has 20 heavy (non-hydrogen) atoms. The van der Waals surface area contributed by atoms with Crippen molar-refractivity contribution < 1.29 is 8.42 Å². The van der Waals surface area contributed by atoms with Crippen molar-refractivity contribution in [2.24, 2.45) is 0 Å². The molecular weight excluding hydrogens is 298 g/mol. The van der Waals surface area contributed by atoms with Crippen LogP contribution in [0.5, 0.6) is 0 Å². The highest BCUT2D eigenvalue weighted by Crippen LogP contribution is 2.24. The topological polar surface area (TPSA) is 96.0 Å². The van der Waals surface area contributed by atoms with E-state index in [0.29, 0.717) is 16.3 Å². The Morgan fingerprint density at radius 2 is 1.95 bits per heavy atom. The van der Waals surface area contributed by atoms with E-state index in [1.165, 1.54) is 24.3 Å². The average Bonchev–Trinajstić information content (AvgIpc) is 2.37. The lowest BCUT2D eigenvalue weighted by Gasteiger charge is -2.10. The minimum Gasteiger partial charge on any atom is -0.398 e. The van der Waals surface area contributed by atoms with Gasteiger partial charge in [-0.1, -0.05) is 17.7 Å². The number of nitrogens with zero attached hydrogens (tertiary/aromatic N) is 1. The van der Waals surface area contributed by atoms with Gasteiger partial charge in [-0.3, -0.25) is 4.72 Å². The predicted molar refractivity (Wildman–Crippen MR) is 77.8 cm³/mol. The summed E-state index contributed by atoms with van der Waals surface area (Å²) in [6, 6.07) is 12.2. The first-order valence-electron chi connectivity index (χ1n) is 5.50. The van der Waals surface area contributed by atoms with Crippen molar-refractivity contribution in [2.45, 2.75) is 4.90 Å². The van der Waals surface area contributed by atoms with Crippen LogP contribution in [0.15, 0.2) is 47.4 Å². The monoisotopic (exact) mass is 307 g/mol. The molecule has 0 saturated carbocycles. The summed E-state index contributed by atoms with van der Waals surface area (Å²) < 4.78 is 26.8. The second-order valence-corrected chi connectivity index (χ2v) is 6.07. The van der Waals surface area contributed by atoms with Crippen LogP contribution >= 0.6 is 11.6 Å². The first-order chi connectivity index (χ1) is 9.42. The van der Waals surface area contributed by atoms with Crippen LogP contribution in [0.4, 0.5) is 11.4 Å². The lowest BCUT2D eigenvalue weighted by molar-refractivity contribution is 0.601. The summed E-state index contributed by atoms with van der Waals surface area (Å²) in [5.41, 5.74) is 6.36. The molecule has 0 fully saturated rings. The number of hydrogen-bond acceptors (Lipinski definition) is 4. The zero-order valence-corrected chi connectivity index (χ0v) is 11.7. The van der Waals surface area contributed by atoms with Gasteiger partial charge in [-0.05, 0) is 36.4 Å². The Balaban J connectivity index is 2.38. The molecule has 2 rings (SSSR count). The number of nitrogens with two attached hydrogens (primary N) is 1. The van der Waals surface area contributed by atoms with Gasteiger partial charge in [0.2, 0.25) is 0 Å². The Morgan fingerprint density at radius 1 is 1.20 bits per heavy atom. The van der Waals surface area contributed by atoms with Crippen LogP contribution < -0.4 is 10.5 Å². The minimum atomic E-state index is -3.83. The third-order valence-electron chi connectivity index (χ3n) is 2.51. The van der Waals surface area contributed by atoms with E-state index in [2.05, 4.69) is 4.72 Å². The van der Waals surface area contributed by atoms with Crippen LogP contribution in [0.1, 0.15) is 5.56 Å². The number of rotatable bonds is 3. The molecule has 0 saturated heterocycles. The Labute approximate surface area is 121 Å². The van der Waals surface area contributed by atoms with Gasteiger partial charge in [0.15, 0.2) is 0 Å². The molecule has 0 aliphatic carbocycles. The molecule has 3 N–H and O–H groups in total. The van der Waals surface area contributed by atoms with Crippen molar-refractivity contribution in [3.63, 3.8) is 0 Å². The standard InChI is InChI=1S/C13H10ClN3O2S/c14-10-4-5-13(12(16)7-10)20(18,19)17-11-3-1-2-9(6-11)8-15/h1-7,17H,16H2. The van der Waals surface area contributed by atoms with Gasteiger partial charge in [0.25, 0.3) is 10.0 Å². The second kappa shape index (κ2) is 5.41. The SMILES string of the molecule is N#Cc1cccc(NS(=O)(=O)c2ccc(Cl)cc2N)c1. The van der Waals surface area contributed by atoms with E-state index in [0.717, 1.165) is 0 Å². The fraction of sp³-hybridized carbons (Fsp3) is 0. The smallest absolute Gasteiger partial charge is 0.263 e. The first kappa shape index (κ1) is 14.2. The van der Waals surface area contributed by atoms with Gasteiger partial charge >= 0.3 is 0 Å². The van der Waals surface area contributed by atoms with E-state index < -0.39 is 10.0 Å². The number of hydrogen-bond donors (Lipinski definition) is 2. The van der Waals surface area contributed by atoms with Crippen LogP contribution in [0.2, 0.25) is 5.02 Å². The highest BCUT2D eigenvalue weighted by molar-refractivity contribution is 7.92. The van der Waals surface area contributed by atoms with Gasteiger partial charge < -0.3 is 5.73 Å². The van der Waals surface area contributed by atoms with E-state index in [9.17, 15) is 8.42 Å². The minimum absolute atomic E-state index is 0.0569. The fourth-order valence-corrected chi connectivity index (χ4v) is 2.97. The summed E-state index contributed by atoms with van der Waals surface area (Å²) in [5.74, 6) is 0. The van der Waals surface area contributed by atoms with Gasteiger partial charge in [0.05, 0.1) is 23.0 Å². The van der Waals surface area contributed by atoms with Crippen molar-refractivity contribution in [1.82, 2.24) is 0 Å². The molecule has 0 spiro atoms. The molecule has 0 bridgehead atoms. The molecule has 0 aliphatic rings. The average molecular weight is 308 g/mol. The highest BCUT2D eigenvalue weighted by atomic mass is 35.5. The molecule has 0 aliphatic heterocycles. The number of anilines is 2. The first-order valence-corrected chi connectivity index (χ1v) is 7.36. The lowest BCUT2D eigenvalue weighted by atomic mass is 10.2. The van der Waals surface area contributed by atoms with Crippen molar-refractivity contribution in [3.8, 4) is 6.07 Å². The van der Waals surface area contributed by atoms with Crippen LogP contribution in [0, 0.1) is 11.3 Å². The normalized spacial score (nSPS) is 10.8. The summed E-state index contributed by atoms with van der Waals surface area (Å²) in [6.45, 7) is 0. The molecular formula is C13H10ClN3O2S. The van der Waals surface area contributed by atoms with Crippen molar-refractivity contribution in [2.75, 3.05) is 10.5 Å². The zero-order chi connectivity index (χ0) is 14.8. The third kappa shape index (κ3) is 3.02. The Hall–Kier alpha value is -2.23. The van der Waals surface area contributed by atoms with E-state index in [1.54, 1.807) is 18.2 Å². The zero-order valence-electron chi connectivity index (χ0n) is 10.2. The quantitative estimate of drug-likeness (QED) is 0.852. The summed E-state index contributed by atoms with van der Waals surface area (Å²) in [6.07, 6.45) is 0. The maximum Gasteiger partial charge on any atom is 0.263 e. The molecule has 2 aromatic carbocycles. The maximum atomic E-state index is 12.2. The van der Waals surface area contributed by atoms with Crippen LogP contribution in [-0.2, 0) is 10.0 Å². The van der Waals surface area contributed by atoms with Gasteiger partial charge in [-0.25, -0.2) is 8.42 Å². The number of nitrogen functional groups attached to an aromatic ring is 1. The molecule has 5 nitrogen and oxygen atoms in total. The third-order valence-corrected chi connectivity index (χ3v) is 4.20. The van der Waals surface area contributed by atoms with Gasteiger partial charge in [-0.15, -0.1) is 0 Å². The Morgan fingerprint density at radius 3 is 2.60 bits per heavy atom. The van der Waals surface area contributed by atoms with Gasteiger partial charge in [0.1, 0.15) is 4.90 Å². The summed E-state index contributed by atoms with van der Waals surface area (Å²) in [7, 11) is -3.83. The van der Waals surface area contributed by atoms with E-state index in [1.807, 2.05) is 6.07 Å². The molecule has 0 unspecified atom stereocenters. The molecule has 0 amide bonds. The molecule has 2 aromatic rings. The Bertz CT molecular complexity index is 798. The molecule has 0 radical (unpaired) electrons. The van der Waals surface area contributed by atoms with Crippen molar-refractivity contribution in [3.05, 3.63) is 53.1 Å². The number of halogens is 1. The second-order valence-electron chi connectivity index (χ2n) is 3.98. The molecule has 0 atom stereocenters. The summed E-state index contributed by atoms with van der Waals surface area (Å²) in [4.78, 5) is -0.0655. The van der Waals surface area contributed by atoms with E-state index >= 15 is 0 Å². The predicted octanol–water partition coefficient (Wildman–Crippen LogP) is 2.59. The van der Waals surface area contributed by atoms with Crippen molar-refractivity contribution in [1.29, 1.82) is 5.26 Å².